The zero-order chi connectivity index (χ0) is 17.6. The van der Waals surface area contributed by atoms with Crippen molar-refractivity contribution in [1.82, 2.24) is 9.21 Å². The third-order valence-corrected chi connectivity index (χ3v) is 6.57. The fraction of sp³-hybridized carbons (Fsp3) is 0.765. The number of likely N-dealkylation sites (tertiary alicyclic amines) is 1. The Hall–Kier alpha value is -1.37. The van der Waals surface area contributed by atoms with Crippen molar-refractivity contribution in [3.63, 3.8) is 0 Å². The van der Waals surface area contributed by atoms with Crippen molar-refractivity contribution in [2.45, 2.75) is 51.9 Å². The Bertz CT molecular complexity index is 585. The third-order valence-electron chi connectivity index (χ3n) is 4.59. The van der Waals surface area contributed by atoms with Crippen molar-refractivity contribution in [1.29, 1.82) is 0 Å². The van der Waals surface area contributed by atoms with E-state index in [0.717, 1.165) is 30.1 Å². The number of allylic oxidation sites excluding steroid dienone is 2. The predicted octanol–water partition coefficient (Wildman–Crippen LogP) is 1.92. The Morgan fingerprint density at radius 3 is 2.79 bits per heavy atom. The van der Waals surface area contributed by atoms with Crippen LogP contribution in [0, 0.1) is 5.92 Å². The monoisotopic (exact) mass is 356 g/mol. The lowest BCUT2D eigenvalue weighted by atomic mass is 10.1. The summed E-state index contributed by atoms with van der Waals surface area (Å²) in [5.74, 6) is -0.0489. The molecule has 1 heterocycles. The van der Waals surface area contributed by atoms with Crippen LogP contribution in [0.25, 0.3) is 0 Å². The molecule has 0 N–H and O–H groups in total. The van der Waals surface area contributed by atoms with E-state index < -0.39 is 10.0 Å². The van der Waals surface area contributed by atoms with Crippen molar-refractivity contribution in [2.75, 3.05) is 25.4 Å². The van der Waals surface area contributed by atoms with Gasteiger partial charge in [-0.25, -0.2) is 12.7 Å². The summed E-state index contributed by atoms with van der Waals surface area (Å²) in [4.78, 5) is 25.9. The molecule has 2 rings (SSSR count). The Kier molecular flexibility index (Phi) is 6.83. The minimum atomic E-state index is -3.57. The van der Waals surface area contributed by atoms with Crippen LogP contribution in [-0.4, -0.2) is 54.8 Å². The summed E-state index contributed by atoms with van der Waals surface area (Å²) in [7, 11) is -3.57. The van der Waals surface area contributed by atoms with Crippen LogP contribution in [0.2, 0.25) is 0 Å². The molecule has 1 unspecified atom stereocenters. The van der Waals surface area contributed by atoms with E-state index >= 15 is 0 Å². The third kappa shape index (κ3) is 5.06. The van der Waals surface area contributed by atoms with E-state index in [1.54, 1.807) is 11.8 Å². The lowest BCUT2D eigenvalue weighted by Gasteiger charge is -2.24. The number of carbonyl (C=O) groups is 2. The minimum Gasteiger partial charge on any atom is -0.343 e. The van der Waals surface area contributed by atoms with Crippen molar-refractivity contribution >= 4 is 21.8 Å². The molecule has 0 aromatic carbocycles. The van der Waals surface area contributed by atoms with Gasteiger partial charge in [-0.3, -0.25) is 9.59 Å². The van der Waals surface area contributed by atoms with Crippen LogP contribution in [0.4, 0.5) is 0 Å². The first-order valence-corrected chi connectivity index (χ1v) is 10.5. The number of hydrogen-bond acceptors (Lipinski definition) is 4. The summed E-state index contributed by atoms with van der Waals surface area (Å²) >= 11 is 0. The molecule has 0 aromatic heterocycles. The largest absolute Gasteiger partial charge is 0.343 e. The van der Waals surface area contributed by atoms with Gasteiger partial charge >= 0.3 is 0 Å². The molecule has 2 amide bonds. The van der Waals surface area contributed by atoms with Gasteiger partial charge in [0.2, 0.25) is 21.8 Å². The normalized spacial score (nSPS) is 20.8. The first-order chi connectivity index (χ1) is 11.4. The van der Waals surface area contributed by atoms with Gasteiger partial charge in [0.25, 0.3) is 0 Å². The van der Waals surface area contributed by atoms with E-state index in [2.05, 4.69) is 0 Å². The summed E-state index contributed by atoms with van der Waals surface area (Å²) in [6.45, 7) is 3.22. The van der Waals surface area contributed by atoms with Crippen LogP contribution in [0.15, 0.2) is 12.2 Å². The van der Waals surface area contributed by atoms with Crippen molar-refractivity contribution < 1.29 is 18.0 Å². The maximum Gasteiger partial charge on any atom is 0.237 e. The molecular formula is C17H28N2O4S. The fourth-order valence-electron chi connectivity index (χ4n) is 3.32. The highest BCUT2D eigenvalue weighted by Crippen LogP contribution is 2.22. The number of amides is 2. The molecule has 1 fully saturated rings. The molecule has 0 bridgehead atoms. The highest BCUT2D eigenvalue weighted by atomic mass is 32.2. The summed E-state index contributed by atoms with van der Waals surface area (Å²) in [6, 6.07) is 0. The Morgan fingerprint density at radius 2 is 2.21 bits per heavy atom. The van der Waals surface area contributed by atoms with Crippen molar-refractivity contribution in [3.05, 3.63) is 12.2 Å². The van der Waals surface area contributed by atoms with Gasteiger partial charge in [0, 0.05) is 32.5 Å². The van der Waals surface area contributed by atoms with Crippen molar-refractivity contribution in [3.8, 4) is 0 Å². The minimum absolute atomic E-state index is 0.0120. The fourth-order valence-corrected chi connectivity index (χ4v) is 4.85. The van der Waals surface area contributed by atoms with E-state index in [0.29, 0.717) is 25.8 Å². The lowest BCUT2D eigenvalue weighted by molar-refractivity contribution is -0.127. The van der Waals surface area contributed by atoms with Gasteiger partial charge in [-0.2, -0.15) is 0 Å². The molecule has 2 aliphatic rings. The maximum absolute atomic E-state index is 12.5. The van der Waals surface area contributed by atoms with Crippen LogP contribution in [-0.2, 0) is 19.6 Å². The zero-order valence-electron chi connectivity index (χ0n) is 14.4. The van der Waals surface area contributed by atoms with E-state index in [9.17, 15) is 18.0 Å². The van der Waals surface area contributed by atoms with E-state index in [-0.39, 0.29) is 36.5 Å². The van der Waals surface area contributed by atoms with Crippen LogP contribution < -0.4 is 0 Å². The second kappa shape index (κ2) is 8.65. The van der Waals surface area contributed by atoms with E-state index in [4.69, 9.17) is 0 Å². The molecule has 1 aliphatic carbocycles. The summed E-state index contributed by atoms with van der Waals surface area (Å²) in [5, 5.41) is 0. The number of hydrogen-bond donors (Lipinski definition) is 0. The molecule has 1 atom stereocenters. The Balaban J connectivity index is 1.95. The SMILES string of the molecule is CCCS(=O)(=O)N(CCCN1CCCC1=O)C(=O)CC1C=CCC1. The zero-order valence-corrected chi connectivity index (χ0v) is 15.3. The molecule has 24 heavy (non-hydrogen) atoms. The van der Waals surface area contributed by atoms with E-state index in [1.807, 2.05) is 12.2 Å². The molecular weight excluding hydrogens is 328 g/mol. The molecule has 1 aliphatic heterocycles. The molecule has 136 valence electrons. The second-order valence-electron chi connectivity index (χ2n) is 6.59. The summed E-state index contributed by atoms with van der Waals surface area (Å²) in [6.07, 6.45) is 8.59. The molecule has 0 radical (unpaired) electrons. The molecule has 0 aromatic rings. The molecule has 7 heteroatoms. The first-order valence-electron chi connectivity index (χ1n) is 8.91. The summed E-state index contributed by atoms with van der Waals surface area (Å²) < 4.78 is 25.9. The first kappa shape index (κ1) is 19.0. The van der Waals surface area contributed by atoms with E-state index in [1.165, 1.54) is 0 Å². The van der Waals surface area contributed by atoms with Gasteiger partial charge in [-0.05, 0) is 38.0 Å². The van der Waals surface area contributed by atoms with Crippen LogP contribution in [0.1, 0.15) is 51.9 Å². The van der Waals surface area contributed by atoms with Crippen LogP contribution in [0.3, 0.4) is 0 Å². The average Bonchev–Trinajstić information content (AvgIpc) is 3.15. The molecule has 0 spiro atoms. The Labute approximate surface area is 144 Å². The average molecular weight is 356 g/mol. The van der Waals surface area contributed by atoms with Crippen LogP contribution in [0.5, 0.6) is 0 Å². The molecule has 1 saturated heterocycles. The number of carbonyl (C=O) groups excluding carboxylic acids is 2. The van der Waals surface area contributed by atoms with Gasteiger partial charge in [0.1, 0.15) is 0 Å². The maximum atomic E-state index is 12.5. The number of rotatable bonds is 9. The molecule has 0 saturated carbocycles. The van der Waals surface area contributed by atoms with Crippen molar-refractivity contribution in [2.24, 2.45) is 5.92 Å². The Morgan fingerprint density at radius 1 is 1.42 bits per heavy atom. The second-order valence-corrected chi connectivity index (χ2v) is 8.60. The standard InChI is InChI=1S/C17H28N2O4S/c1-2-13-24(22,23)19(17(21)14-15-7-3-4-8-15)12-6-11-18-10-5-9-16(18)20/h3,7,15H,2,4-6,8-14H2,1H3. The van der Waals surface area contributed by atoms with Gasteiger partial charge in [-0.15, -0.1) is 0 Å². The van der Waals surface area contributed by atoms with Gasteiger partial charge in [-0.1, -0.05) is 19.1 Å². The number of nitrogens with zero attached hydrogens (tertiary/aromatic N) is 2. The highest BCUT2D eigenvalue weighted by Gasteiger charge is 2.29. The van der Waals surface area contributed by atoms with Gasteiger partial charge < -0.3 is 4.90 Å². The smallest absolute Gasteiger partial charge is 0.237 e. The topological polar surface area (TPSA) is 74.8 Å². The quantitative estimate of drug-likeness (QED) is 0.592. The summed E-state index contributed by atoms with van der Waals surface area (Å²) in [5.41, 5.74) is 0. The van der Waals surface area contributed by atoms with Gasteiger partial charge in [0.15, 0.2) is 0 Å². The van der Waals surface area contributed by atoms with Gasteiger partial charge in [0.05, 0.1) is 5.75 Å². The molecule has 6 nitrogen and oxygen atoms in total. The number of sulfonamides is 1. The van der Waals surface area contributed by atoms with Crippen LogP contribution >= 0.6 is 0 Å². The predicted molar refractivity (Wildman–Crippen MR) is 92.7 cm³/mol. The highest BCUT2D eigenvalue weighted by molar-refractivity contribution is 7.89. The lowest BCUT2D eigenvalue weighted by Crippen LogP contribution is -2.41.